The highest BCUT2D eigenvalue weighted by Crippen LogP contribution is 2.32. The largest absolute Gasteiger partial charge is 0.468 e. The molecule has 1 unspecified atom stereocenters. The van der Waals surface area contributed by atoms with Crippen LogP contribution in [-0.2, 0) is 9.53 Å². The first-order valence-electron chi connectivity index (χ1n) is 6.90. The van der Waals surface area contributed by atoms with Crippen molar-refractivity contribution in [1.29, 1.82) is 0 Å². The van der Waals surface area contributed by atoms with Crippen LogP contribution in [0.25, 0.3) is 0 Å². The van der Waals surface area contributed by atoms with Gasteiger partial charge in [-0.25, -0.2) is 0 Å². The maximum atomic E-state index is 12.6. The Labute approximate surface area is 116 Å². The van der Waals surface area contributed by atoms with Gasteiger partial charge in [-0.05, 0) is 32.6 Å². The van der Waals surface area contributed by atoms with E-state index in [0.29, 0.717) is 0 Å². The fourth-order valence-corrected chi connectivity index (χ4v) is 2.46. The summed E-state index contributed by atoms with van der Waals surface area (Å²) >= 11 is 0. The van der Waals surface area contributed by atoms with Crippen molar-refractivity contribution in [2.75, 3.05) is 20.2 Å². The van der Waals surface area contributed by atoms with E-state index in [1.165, 1.54) is 12.0 Å². The first kappa shape index (κ1) is 15.6. The van der Waals surface area contributed by atoms with E-state index < -0.39 is 24.2 Å². The second-order valence-electron chi connectivity index (χ2n) is 5.99. The van der Waals surface area contributed by atoms with Gasteiger partial charge in [-0.1, -0.05) is 0 Å². The van der Waals surface area contributed by atoms with E-state index in [4.69, 9.17) is 4.74 Å². The number of carbonyl (C=O) groups is 1. The van der Waals surface area contributed by atoms with Gasteiger partial charge in [-0.2, -0.15) is 13.2 Å². The number of esters is 1. The summed E-state index contributed by atoms with van der Waals surface area (Å²) < 4.78 is 42.7. The zero-order valence-electron chi connectivity index (χ0n) is 11.8. The fraction of sp³-hybridized carbons (Fsp3) is 0.923. The maximum Gasteiger partial charge on any atom is 0.401 e. The van der Waals surface area contributed by atoms with Crippen LogP contribution < -0.4 is 5.32 Å². The number of hydrogen-bond acceptors (Lipinski definition) is 4. The van der Waals surface area contributed by atoms with Crippen molar-refractivity contribution >= 4 is 5.97 Å². The average molecular weight is 294 g/mol. The van der Waals surface area contributed by atoms with E-state index in [0.717, 1.165) is 25.7 Å². The molecule has 0 aromatic heterocycles. The molecule has 7 heteroatoms. The van der Waals surface area contributed by atoms with Crippen LogP contribution in [0.3, 0.4) is 0 Å². The van der Waals surface area contributed by atoms with Gasteiger partial charge in [0.25, 0.3) is 0 Å². The van der Waals surface area contributed by atoms with E-state index in [1.807, 2.05) is 0 Å². The molecule has 0 spiro atoms. The van der Waals surface area contributed by atoms with Crippen LogP contribution in [0.4, 0.5) is 13.2 Å². The van der Waals surface area contributed by atoms with Gasteiger partial charge in [0.2, 0.25) is 0 Å². The number of halogens is 3. The second-order valence-corrected chi connectivity index (χ2v) is 5.99. The minimum absolute atomic E-state index is 0.0281. The molecule has 0 amide bonds. The summed E-state index contributed by atoms with van der Waals surface area (Å²) in [6.07, 6.45) is -0.822. The third-order valence-electron chi connectivity index (χ3n) is 3.70. The molecule has 0 aliphatic heterocycles. The van der Waals surface area contributed by atoms with E-state index >= 15 is 0 Å². The SMILES string of the molecule is COC(=O)C(C)(CN(CC(F)(F)F)C1CC1)NC1CC1. The van der Waals surface area contributed by atoms with Gasteiger partial charge >= 0.3 is 12.1 Å². The Balaban J connectivity index is 2.04. The Bertz CT molecular complexity index is 367. The Morgan fingerprint density at radius 2 is 1.85 bits per heavy atom. The van der Waals surface area contributed by atoms with Crippen LogP contribution in [0.5, 0.6) is 0 Å². The second kappa shape index (κ2) is 5.52. The molecule has 2 saturated carbocycles. The molecule has 2 aliphatic rings. The van der Waals surface area contributed by atoms with Crippen molar-refractivity contribution in [3.05, 3.63) is 0 Å². The number of nitrogens with zero attached hydrogens (tertiary/aromatic N) is 1. The summed E-state index contributed by atoms with van der Waals surface area (Å²) in [7, 11) is 1.26. The van der Waals surface area contributed by atoms with Crippen LogP contribution in [0, 0.1) is 0 Å². The molecule has 2 fully saturated rings. The van der Waals surface area contributed by atoms with Crippen molar-refractivity contribution in [3.63, 3.8) is 0 Å². The minimum Gasteiger partial charge on any atom is -0.468 e. The molecule has 1 atom stereocenters. The highest BCUT2D eigenvalue weighted by atomic mass is 19.4. The lowest BCUT2D eigenvalue weighted by Gasteiger charge is -2.34. The van der Waals surface area contributed by atoms with Crippen LogP contribution in [0.2, 0.25) is 0 Å². The molecule has 0 radical (unpaired) electrons. The first-order valence-corrected chi connectivity index (χ1v) is 6.90. The third kappa shape index (κ3) is 4.34. The molecule has 0 bridgehead atoms. The van der Waals surface area contributed by atoms with E-state index in [-0.39, 0.29) is 18.6 Å². The zero-order valence-corrected chi connectivity index (χ0v) is 11.8. The van der Waals surface area contributed by atoms with Crippen molar-refractivity contribution in [2.45, 2.75) is 56.4 Å². The number of rotatable bonds is 7. The Kier molecular flexibility index (Phi) is 4.30. The lowest BCUT2D eigenvalue weighted by molar-refractivity contribution is -0.158. The predicted octanol–water partition coefficient (Wildman–Crippen LogP) is 1.70. The Morgan fingerprint density at radius 1 is 1.25 bits per heavy atom. The molecule has 20 heavy (non-hydrogen) atoms. The molecule has 0 aromatic rings. The first-order chi connectivity index (χ1) is 9.23. The van der Waals surface area contributed by atoms with Gasteiger partial charge < -0.3 is 4.74 Å². The molecular formula is C13H21F3N2O2. The standard InChI is InChI=1S/C13H21F3N2O2/c1-12(11(19)20-2,17-9-3-4-9)7-18(10-5-6-10)8-13(14,15)16/h9-10,17H,3-8H2,1-2H3. The smallest absolute Gasteiger partial charge is 0.401 e. The van der Waals surface area contributed by atoms with E-state index in [1.54, 1.807) is 6.92 Å². The summed E-state index contributed by atoms with van der Waals surface area (Å²) in [5, 5.41) is 3.13. The van der Waals surface area contributed by atoms with Crippen molar-refractivity contribution < 1.29 is 22.7 Å². The molecule has 0 aromatic carbocycles. The summed E-state index contributed by atoms with van der Waals surface area (Å²) in [5.41, 5.74) is -1.08. The summed E-state index contributed by atoms with van der Waals surface area (Å²) in [5.74, 6) is -0.503. The molecule has 116 valence electrons. The summed E-state index contributed by atoms with van der Waals surface area (Å²) in [4.78, 5) is 13.3. The molecule has 2 aliphatic carbocycles. The van der Waals surface area contributed by atoms with Crippen LogP contribution >= 0.6 is 0 Å². The van der Waals surface area contributed by atoms with Crippen molar-refractivity contribution in [3.8, 4) is 0 Å². The van der Waals surface area contributed by atoms with Gasteiger partial charge in [-0.3, -0.25) is 15.0 Å². The van der Waals surface area contributed by atoms with Crippen molar-refractivity contribution in [1.82, 2.24) is 10.2 Å². The Hall–Kier alpha value is -0.820. The quantitative estimate of drug-likeness (QED) is 0.726. The fourth-order valence-electron chi connectivity index (χ4n) is 2.46. The van der Waals surface area contributed by atoms with Crippen molar-refractivity contribution in [2.24, 2.45) is 0 Å². The minimum atomic E-state index is -4.25. The highest BCUT2D eigenvalue weighted by Gasteiger charge is 2.46. The zero-order chi connectivity index (χ0) is 15.0. The van der Waals surface area contributed by atoms with Gasteiger partial charge in [0.1, 0.15) is 5.54 Å². The average Bonchev–Trinajstić information content (AvgIpc) is 3.17. The number of carbonyl (C=O) groups excluding carboxylic acids is 1. The summed E-state index contributed by atoms with van der Waals surface area (Å²) in [6, 6.07) is 0.146. The molecule has 2 rings (SSSR count). The Morgan fingerprint density at radius 3 is 2.25 bits per heavy atom. The van der Waals surface area contributed by atoms with Crippen LogP contribution in [0.1, 0.15) is 32.6 Å². The van der Waals surface area contributed by atoms with E-state index in [2.05, 4.69) is 5.32 Å². The van der Waals surface area contributed by atoms with E-state index in [9.17, 15) is 18.0 Å². The molecule has 1 N–H and O–H groups in total. The monoisotopic (exact) mass is 294 g/mol. The highest BCUT2D eigenvalue weighted by molar-refractivity contribution is 5.80. The maximum absolute atomic E-state index is 12.6. The number of alkyl halides is 3. The van der Waals surface area contributed by atoms with Gasteiger partial charge in [0.15, 0.2) is 0 Å². The predicted molar refractivity (Wildman–Crippen MR) is 67.2 cm³/mol. The molecule has 0 heterocycles. The molecule has 0 saturated heterocycles. The third-order valence-corrected chi connectivity index (χ3v) is 3.70. The number of nitrogens with one attached hydrogen (secondary N) is 1. The normalized spacial score (nSPS) is 22.7. The lowest BCUT2D eigenvalue weighted by Crippen LogP contribution is -2.59. The number of methoxy groups -OCH3 is 1. The van der Waals surface area contributed by atoms with Gasteiger partial charge in [-0.15, -0.1) is 0 Å². The molecular weight excluding hydrogens is 273 g/mol. The summed E-state index contributed by atoms with van der Waals surface area (Å²) in [6.45, 7) is 0.680. The van der Waals surface area contributed by atoms with Gasteiger partial charge in [0, 0.05) is 18.6 Å². The number of ether oxygens (including phenoxy) is 1. The topological polar surface area (TPSA) is 41.6 Å². The van der Waals surface area contributed by atoms with Crippen LogP contribution in [-0.4, -0.2) is 54.9 Å². The lowest BCUT2D eigenvalue weighted by atomic mass is 10.0. The van der Waals surface area contributed by atoms with Crippen LogP contribution in [0.15, 0.2) is 0 Å². The molecule has 4 nitrogen and oxygen atoms in total. The van der Waals surface area contributed by atoms with Gasteiger partial charge in [0.05, 0.1) is 13.7 Å². The number of hydrogen-bond donors (Lipinski definition) is 1.